The lowest BCUT2D eigenvalue weighted by Crippen LogP contribution is -2.48. The minimum atomic E-state index is -0.260. The maximum absolute atomic E-state index is 12.4. The fourth-order valence-electron chi connectivity index (χ4n) is 3.11. The highest BCUT2D eigenvalue weighted by atomic mass is 16.3. The van der Waals surface area contributed by atoms with E-state index >= 15 is 0 Å². The van der Waals surface area contributed by atoms with Crippen molar-refractivity contribution in [3.05, 3.63) is 48.6 Å². The van der Waals surface area contributed by atoms with Gasteiger partial charge in [0.1, 0.15) is 11.6 Å². The van der Waals surface area contributed by atoms with E-state index in [0.29, 0.717) is 12.4 Å². The lowest BCUT2D eigenvalue weighted by Gasteiger charge is -2.34. The lowest BCUT2D eigenvalue weighted by atomic mass is 9.95. The minimum absolute atomic E-state index is 0.0211. The normalized spacial score (nSPS) is 16.8. The first-order valence-electron chi connectivity index (χ1n) is 8.89. The lowest BCUT2D eigenvalue weighted by molar-refractivity contribution is -0.127. The Morgan fingerprint density at radius 1 is 1.27 bits per heavy atom. The van der Waals surface area contributed by atoms with Crippen molar-refractivity contribution in [3.8, 4) is 0 Å². The summed E-state index contributed by atoms with van der Waals surface area (Å²) >= 11 is 0. The van der Waals surface area contributed by atoms with Gasteiger partial charge in [0.25, 0.3) is 0 Å². The molecule has 0 saturated carbocycles. The van der Waals surface area contributed by atoms with Gasteiger partial charge in [0.2, 0.25) is 11.8 Å². The largest absolute Gasteiger partial charge is 0.467 e. The number of hydrogen-bond donors (Lipinski definition) is 2. The van der Waals surface area contributed by atoms with Gasteiger partial charge in [0.05, 0.1) is 18.8 Å². The zero-order valence-electron chi connectivity index (χ0n) is 14.9. The van der Waals surface area contributed by atoms with Gasteiger partial charge in [-0.15, -0.1) is 0 Å². The van der Waals surface area contributed by atoms with Gasteiger partial charge in [-0.2, -0.15) is 0 Å². The van der Waals surface area contributed by atoms with Crippen molar-refractivity contribution >= 4 is 17.6 Å². The standard InChI is InChI=1S/C19H24N4O3/c1-14(18(24)22-17-6-2-3-9-20-17)23-10-7-15(8-11-23)19(25)21-13-16-5-4-12-26-16/h2-6,9,12,14-15H,7-8,10-11,13H2,1H3,(H,21,25)(H,20,22,24). The summed E-state index contributed by atoms with van der Waals surface area (Å²) in [5.74, 6) is 1.25. The van der Waals surface area contributed by atoms with E-state index in [4.69, 9.17) is 4.42 Å². The van der Waals surface area contributed by atoms with E-state index in [1.54, 1.807) is 30.7 Å². The highest BCUT2D eigenvalue weighted by Crippen LogP contribution is 2.20. The van der Waals surface area contributed by atoms with Crippen molar-refractivity contribution in [2.75, 3.05) is 18.4 Å². The molecule has 3 rings (SSSR count). The molecule has 7 nitrogen and oxygen atoms in total. The van der Waals surface area contributed by atoms with Crippen LogP contribution in [0.3, 0.4) is 0 Å². The molecular formula is C19H24N4O3. The van der Waals surface area contributed by atoms with Gasteiger partial charge in [0.15, 0.2) is 0 Å². The third-order valence-electron chi connectivity index (χ3n) is 4.76. The molecule has 1 aliphatic rings. The van der Waals surface area contributed by atoms with Gasteiger partial charge in [-0.1, -0.05) is 6.07 Å². The van der Waals surface area contributed by atoms with Crippen LogP contribution in [0, 0.1) is 5.92 Å². The first-order valence-corrected chi connectivity index (χ1v) is 8.89. The second-order valence-corrected chi connectivity index (χ2v) is 6.49. The quantitative estimate of drug-likeness (QED) is 0.827. The monoisotopic (exact) mass is 356 g/mol. The Labute approximate surface area is 152 Å². The van der Waals surface area contributed by atoms with Crippen LogP contribution in [0.25, 0.3) is 0 Å². The summed E-state index contributed by atoms with van der Waals surface area (Å²) in [4.78, 5) is 30.9. The van der Waals surface area contributed by atoms with Gasteiger partial charge >= 0.3 is 0 Å². The number of hydrogen-bond acceptors (Lipinski definition) is 5. The van der Waals surface area contributed by atoms with E-state index in [1.807, 2.05) is 19.1 Å². The molecule has 2 aromatic heterocycles. The molecule has 3 heterocycles. The van der Waals surface area contributed by atoms with Crippen LogP contribution in [-0.4, -0.2) is 40.8 Å². The minimum Gasteiger partial charge on any atom is -0.467 e. The fraction of sp³-hybridized carbons (Fsp3) is 0.421. The molecule has 0 bridgehead atoms. The number of anilines is 1. The Hall–Kier alpha value is -2.67. The van der Waals surface area contributed by atoms with Crippen LogP contribution < -0.4 is 10.6 Å². The molecule has 0 aliphatic carbocycles. The third-order valence-corrected chi connectivity index (χ3v) is 4.76. The summed E-state index contributed by atoms with van der Waals surface area (Å²) in [6.07, 6.45) is 4.72. The number of aromatic nitrogens is 1. The molecule has 0 spiro atoms. The molecule has 138 valence electrons. The number of carbonyl (C=O) groups is 2. The number of rotatable bonds is 6. The topological polar surface area (TPSA) is 87.5 Å². The maximum atomic E-state index is 12.4. The number of likely N-dealkylation sites (tertiary alicyclic amines) is 1. The van der Waals surface area contributed by atoms with Crippen LogP contribution >= 0.6 is 0 Å². The first-order chi connectivity index (χ1) is 12.6. The summed E-state index contributed by atoms with van der Waals surface area (Å²) in [5.41, 5.74) is 0. The molecule has 2 N–H and O–H groups in total. The molecule has 2 aromatic rings. The fourth-order valence-corrected chi connectivity index (χ4v) is 3.11. The molecule has 26 heavy (non-hydrogen) atoms. The van der Waals surface area contributed by atoms with E-state index < -0.39 is 0 Å². The molecule has 1 atom stereocenters. The number of amides is 2. The van der Waals surface area contributed by atoms with Gasteiger partial charge in [-0.3, -0.25) is 14.5 Å². The third kappa shape index (κ3) is 4.70. The first kappa shape index (κ1) is 18.1. The molecule has 1 fully saturated rings. The zero-order chi connectivity index (χ0) is 18.4. The average Bonchev–Trinajstić information content (AvgIpc) is 3.20. The van der Waals surface area contributed by atoms with Gasteiger partial charge in [0, 0.05) is 12.1 Å². The van der Waals surface area contributed by atoms with Gasteiger partial charge in [-0.05, 0) is 57.1 Å². The van der Waals surface area contributed by atoms with Crippen LogP contribution in [0.4, 0.5) is 5.82 Å². The van der Waals surface area contributed by atoms with E-state index in [-0.39, 0.29) is 23.8 Å². The Morgan fingerprint density at radius 3 is 2.73 bits per heavy atom. The zero-order valence-corrected chi connectivity index (χ0v) is 14.9. The SMILES string of the molecule is CC(C(=O)Nc1ccccn1)N1CCC(C(=O)NCc2ccco2)CC1. The number of pyridine rings is 1. The van der Waals surface area contributed by atoms with Crippen LogP contribution in [-0.2, 0) is 16.1 Å². The number of furan rings is 1. The molecule has 1 unspecified atom stereocenters. The molecule has 7 heteroatoms. The van der Waals surface area contributed by atoms with E-state index in [2.05, 4.69) is 20.5 Å². The highest BCUT2D eigenvalue weighted by Gasteiger charge is 2.29. The predicted molar refractivity (Wildman–Crippen MR) is 97.2 cm³/mol. The number of nitrogens with one attached hydrogen (secondary N) is 2. The summed E-state index contributed by atoms with van der Waals surface area (Å²) in [7, 11) is 0. The molecule has 1 saturated heterocycles. The second-order valence-electron chi connectivity index (χ2n) is 6.49. The van der Waals surface area contributed by atoms with Crippen molar-refractivity contribution in [1.82, 2.24) is 15.2 Å². The van der Waals surface area contributed by atoms with Crippen LogP contribution in [0.15, 0.2) is 47.2 Å². The summed E-state index contributed by atoms with van der Waals surface area (Å²) in [5, 5.41) is 5.74. The van der Waals surface area contributed by atoms with Crippen molar-refractivity contribution in [3.63, 3.8) is 0 Å². The van der Waals surface area contributed by atoms with Crippen molar-refractivity contribution < 1.29 is 14.0 Å². The number of nitrogens with zero attached hydrogens (tertiary/aromatic N) is 2. The molecular weight excluding hydrogens is 332 g/mol. The molecule has 0 aromatic carbocycles. The van der Waals surface area contributed by atoms with Gasteiger partial charge in [-0.25, -0.2) is 4.98 Å². The van der Waals surface area contributed by atoms with Gasteiger partial charge < -0.3 is 15.1 Å². The Balaban J connectivity index is 1.43. The van der Waals surface area contributed by atoms with Crippen molar-refractivity contribution in [2.45, 2.75) is 32.4 Å². The van der Waals surface area contributed by atoms with E-state index in [1.165, 1.54) is 0 Å². The summed E-state index contributed by atoms with van der Waals surface area (Å²) < 4.78 is 5.22. The van der Waals surface area contributed by atoms with Crippen LogP contribution in [0.1, 0.15) is 25.5 Å². The number of carbonyl (C=O) groups excluding carboxylic acids is 2. The van der Waals surface area contributed by atoms with Crippen molar-refractivity contribution in [1.29, 1.82) is 0 Å². The molecule has 0 radical (unpaired) electrons. The second kappa shape index (κ2) is 8.62. The summed E-state index contributed by atoms with van der Waals surface area (Å²) in [6.45, 7) is 3.73. The molecule has 2 amide bonds. The Kier molecular flexibility index (Phi) is 6.01. The Bertz CT molecular complexity index is 710. The predicted octanol–water partition coefficient (Wildman–Crippen LogP) is 2.03. The average molecular weight is 356 g/mol. The smallest absolute Gasteiger partial charge is 0.242 e. The van der Waals surface area contributed by atoms with E-state index in [9.17, 15) is 9.59 Å². The van der Waals surface area contributed by atoms with Crippen LogP contribution in [0.5, 0.6) is 0 Å². The number of piperidine rings is 1. The Morgan fingerprint density at radius 2 is 2.08 bits per heavy atom. The van der Waals surface area contributed by atoms with Crippen LogP contribution in [0.2, 0.25) is 0 Å². The van der Waals surface area contributed by atoms with Crippen molar-refractivity contribution in [2.24, 2.45) is 5.92 Å². The molecule has 1 aliphatic heterocycles. The highest BCUT2D eigenvalue weighted by molar-refractivity contribution is 5.93. The maximum Gasteiger partial charge on any atom is 0.242 e. The van der Waals surface area contributed by atoms with E-state index in [0.717, 1.165) is 31.7 Å². The summed E-state index contributed by atoms with van der Waals surface area (Å²) in [6, 6.07) is 8.78.